The molecule has 4 nitrogen and oxygen atoms in total. The van der Waals surface area contributed by atoms with Gasteiger partial charge in [-0.15, -0.1) is 0 Å². The smallest absolute Gasteiger partial charge is 0.307 e. The molecule has 1 rings (SSSR count). The Labute approximate surface area is 85.0 Å². The van der Waals surface area contributed by atoms with Crippen LogP contribution in [0.2, 0.25) is 5.02 Å². The second kappa shape index (κ2) is 3.99. The van der Waals surface area contributed by atoms with Gasteiger partial charge < -0.3 is 10.2 Å². The van der Waals surface area contributed by atoms with E-state index in [1.165, 1.54) is 12.1 Å². The summed E-state index contributed by atoms with van der Waals surface area (Å²) in [6.07, 6.45) is -0.312. The van der Waals surface area contributed by atoms with Crippen molar-refractivity contribution in [2.75, 3.05) is 0 Å². The molecule has 14 heavy (non-hydrogen) atoms. The number of carboxylic acids is 1. The van der Waals surface area contributed by atoms with Crippen LogP contribution in [0.3, 0.4) is 0 Å². The number of rotatable bonds is 2. The lowest BCUT2D eigenvalue weighted by molar-refractivity contribution is -0.136. The summed E-state index contributed by atoms with van der Waals surface area (Å²) in [4.78, 5) is 10.4. The Morgan fingerprint density at radius 3 is 2.71 bits per heavy atom. The fraction of sp³-hybridized carbons (Fsp3) is 0.111. The maximum absolute atomic E-state index is 10.4. The number of aliphatic carboxylic acids is 1. The maximum Gasteiger partial charge on any atom is 0.307 e. The van der Waals surface area contributed by atoms with E-state index in [1.807, 2.05) is 0 Å². The molecule has 0 amide bonds. The van der Waals surface area contributed by atoms with Crippen molar-refractivity contribution in [3.8, 4) is 11.8 Å². The van der Waals surface area contributed by atoms with E-state index in [0.717, 1.165) is 0 Å². The van der Waals surface area contributed by atoms with Crippen LogP contribution in [0.25, 0.3) is 0 Å². The zero-order valence-corrected chi connectivity index (χ0v) is 7.75. The van der Waals surface area contributed by atoms with Crippen molar-refractivity contribution >= 4 is 17.6 Å². The molecule has 0 heterocycles. The quantitative estimate of drug-likeness (QED) is 0.778. The SMILES string of the molecule is N#Cc1c(CC(=O)O)ccc(Cl)c1O. The standard InChI is InChI=1S/C9H6ClNO3/c10-7-2-1-5(3-8(12)13)6(4-11)9(7)14/h1-2,14H,3H2,(H,12,13). The van der Waals surface area contributed by atoms with Gasteiger partial charge in [0.2, 0.25) is 0 Å². The van der Waals surface area contributed by atoms with Gasteiger partial charge in [0.25, 0.3) is 0 Å². The van der Waals surface area contributed by atoms with Crippen LogP contribution in [0, 0.1) is 11.3 Å². The van der Waals surface area contributed by atoms with Crippen LogP contribution in [-0.2, 0) is 11.2 Å². The Morgan fingerprint density at radius 2 is 2.21 bits per heavy atom. The summed E-state index contributed by atoms with van der Waals surface area (Å²) in [5, 5.41) is 26.6. The van der Waals surface area contributed by atoms with Crippen LogP contribution in [-0.4, -0.2) is 16.2 Å². The summed E-state index contributed by atoms with van der Waals surface area (Å²) in [5.41, 5.74) is 0.168. The van der Waals surface area contributed by atoms with Crippen LogP contribution < -0.4 is 0 Å². The number of benzene rings is 1. The third-order valence-electron chi connectivity index (χ3n) is 1.67. The average Bonchev–Trinajstić information content (AvgIpc) is 2.11. The molecule has 0 spiro atoms. The fourth-order valence-electron chi connectivity index (χ4n) is 1.04. The summed E-state index contributed by atoms with van der Waals surface area (Å²) in [6.45, 7) is 0. The molecule has 0 radical (unpaired) electrons. The number of aromatic hydroxyl groups is 1. The predicted octanol–water partition coefficient (Wildman–Crippen LogP) is 1.54. The highest BCUT2D eigenvalue weighted by atomic mass is 35.5. The molecule has 0 aliphatic rings. The molecule has 0 bridgehead atoms. The second-order valence-corrected chi connectivity index (χ2v) is 3.02. The van der Waals surface area contributed by atoms with Gasteiger partial charge in [0.05, 0.1) is 17.0 Å². The molecule has 1 aromatic carbocycles. The molecule has 0 aliphatic heterocycles. The summed E-state index contributed by atoms with van der Waals surface area (Å²) >= 11 is 5.55. The number of phenols is 1. The summed E-state index contributed by atoms with van der Waals surface area (Å²) in [7, 11) is 0. The molecule has 0 saturated carbocycles. The Bertz CT molecular complexity index is 423. The normalized spacial score (nSPS) is 9.43. The van der Waals surface area contributed by atoms with Crippen LogP contribution >= 0.6 is 11.6 Å². The lowest BCUT2D eigenvalue weighted by atomic mass is 10.0. The molecule has 0 aliphatic carbocycles. The molecule has 1 aromatic rings. The van der Waals surface area contributed by atoms with Gasteiger partial charge in [-0.05, 0) is 11.6 Å². The Balaban J connectivity index is 3.26. The monoisotopic (exact) mass is 211 g/mol. The third kappa shape index (κ3) is 1.95. The zero-order valence-electron chi connectivity index (χ0n) is 6.99. The molecule has 2 N–H and O–H groups in total. The molecule has 0 atom stereocenters. The molecule has 0 saturated heterocycles. The zero-order chi connectivity index (χ0) is 10.7. The number of carboxylic acid groups (broad SMARTS) is 1. The molecule has 5 heteroatoms. The van der Waals surface area contributed by atoms with Crippen molar-refractivity contribution in [3.63, 3.8) is 0 Å². The van der Waals surface area contributed by atoms with E-state index in [0.29, 0.717) is 0 Å². The molecular formula is C9H6ClNO3. The number of hydrogen-bond acceptors (Lipinski definition) is 3. The first-order valence-electron chi connectivity index (χ1n) is 3.68. The number of nitriles is 1. The predicted molar refractivity (Wildman–Crippen MR) is 49.2 cm³/mol. The Hall–Kier alpha value is -1.73. The van der Waals surface area contributed by atoms with Gasteiger partial charge in [-0.3, -0.25) is 4.79 Å². The first-order chi connectivity index (χ1) is 6.56. The van der Waals surface area contributed by atoms with Gasteiger partial charge in [0.1, 0.15) is 6.07 Å². The van der Waals surface area contributed by atoms with Crippen LogP contribution in [0.4, 0.5) is 0 Å². The van der Waals surface area contributed by atoms with E-state index in [-0.39, 0.29) is 28.3 Å². The van der Waals surface area contributed by atoms with E-state index in [1.54, 1.807) is 6.07 Å². The highest BCUT2D eigenvalue weighted by molar-refractivity contribution is 6.32. The van der Waals surface area contributed by atoms with Gasteiger partial charge in [-0.1, -0.05) is 17.7 Å². The van der Waals surface area contributed by atoms with Gasteiger partial charge in [-0.25, -0.2) is 0 Å². The van der Waals surface area contributed by atoms with Crippen molar-refractivity contribution in [2.45, 2.75) is 6.42 Å². The van der Waals surface area contributed by atoms with E-state index < -0.39 is 5.97 Å². The van der Waals surface area contributed by atoms with Crippen LogP contribution in [0.5, 0.6) is 5.75 Å². The van der Waals surface area contributed by atoms with Crippen LogP contribution in [0.1, 0.15) is 11.1 Å². The second-order valence-electron chi connectivity index (χ2n) is 2.61. The van der Waals surface area contributed by atoms with Gasteiger partial charge in [-0.2, -0.15) is 5.26 Å². The van der Waals surface area contributed by atoms with E-state index in [9.17, 15) is 9.90 Å². The number of halogens is 1. The van der Waals surface area contributed by atoms with Gasteiger partial charge >= 0.3 is 5.97 Å². The van der Waals surface area contributed by atoms with E-state index >= 15 is 0 Å². The Kier molecular flexibility index (Phi) is 2.95. The highest BCUT2D eigenvalue weighted by Crippen LogP contribution is 2.29. The number of hydrogen-bond donors (Lipinski definition) is 2. The van der Waals surface area contributed by atoms with Crippen molar-refractivity contribution in [2.24, 2.45) is 0 Å². The minimum absolute atomic E-state index is 0.0377. The molecule has 0 fully saturated rings. The molecule has 72 valence electrons. The average molecular weight is 212 g/mol. The van der Waals surface area contributed by atoms with Crippen LogP contribution in [0.15, 0.2) is 12.1 Å². The lowest BCUT2D eigenvalue weighted by Crippen LogP contribution is -2.02. The summed E-state index contributed by atoms with van der Waals surface area (Å²) in [6, 6.07) is 4.48. The first kappa shape index (κ1) is 10.4. The number of phenolic OH excluding ortho intramolecular Hbond substituents is 1. The molecular weight excluding hydrogens is 206 g/mol. The summed E-state index contributed by atoms with van der Waals surface area (Å²) < 4.78 is 0. The topological polar surface area (TPSA) is 81.3 Å². The highest BCUT2D eigenvalue weighted by Gasteiger charge is 2.13. The molecule has 0 unspecified atom stereocenters. The lowest BCUT2D eigenvalue weighted by Gasteiger charge is -2.04. The first-order valence-corrected chi connectivity index (χ1v) is 4.06. The number of nitrogens with zero attached hydrogens (tertiary/aromatic N) is 1. The maximum atomic E-state index is 10.4. The van der Waals surface area contributed by atoms with Crippen molar-refractivity contribution < 1.29 is 15.0 Å². The van der Waals surface area contributed by atoms with Gasteiger partial charge in [0, 0.05) is 0 Å². The molecule has 0 aromatic heterocycles. The van der Waals surface area contributed by atoms with Crippen molar-refractivity contribution in [1.82, 2.24) is 0 Å². The van der Waals surface area contributed by atoms with Crippen molar-refractivity contribution in [3.05, 3.63) is 28.3 Å². The van der Waals surface area contributed by atoms with Gasteiger partial charge in [0.15, 0.2) is 5.75 Å². The fourth-order valence-corrected chi connectivity index (χ4v) is 1.20. The van der Waals surface area contributed by atoms with Crippen molar-refractivity contribution in [1.29, 1.82) is 5.26 Å². The number of carbonyl (C=O) groups is 1. The minimum Gasteiger partial charge on any atom is -0.505 e. The minimum atomic E-state index is -1.07. The van der Waals surface area contributed by atoms with E-state index in [4.69, 9.17) is 22.0 Å². The van der Waals surface area contributed by atoms with E-state index in [2.05, 4.69) is 0 Å². The Morgan fingerprint density at radius 1 is 1.57 bits per heavy atom. The largest absolute Gasteiger partial charge is 0.505 e. The summed E-state index contributed by atoms with van der Waals surface area (Å²) in [5.74, 6) is -1.43. The third-order valence-corrected chi connectivity index (χ3v) is 1.97.